The lowest BCUT2D eigenvalue weighted by atomic mass is 9.85. The maximum atomic E-state index is 13.4. The summed E-state index contributed by atoms with van der Waals surface area (Å²) in [6.45, 7) is 4.34. The van der Waals surface area contributed by atoms with Crippen LogP contribution in [0.5, 0.6) is 0 Å². The number of benzene rings is 2. The number of halogens is 2. The van der Waals surface area contributed by atoms with E-state index in [9.17, 15) is 4.79 Å². The molecule has 0 saturated carbocycles. The molecule has 0 spiro atoms. The Kier molecular flexibility index (Phi) is 7.88. The third kappa shape index (κ3) is 5.97. The van der Waals surface area contributed by atoms with Gasteiger partial charge in [0.1, 0.15) is 0 Å². The van der Waals surface area contributed by atoms with Gasteiger partial charge in [0.2, 0.25) is 0 Å². The molecule has 3 heterocycles. The summed E-state index contributed by atoms with van der Waals surface area (Å²) in [5.41, 5.74) is 2.64. The maximum absolute atomic E-state index is 13.4. The standard InChI is InChI=1S/C28H32Cl2N4O/c29-24-7-5-19(15-25(24)30)16-27(22-4-2-14-34(18-22)23-9-12-31-13-10-23)33-28(35)21-6-8-26-20(17-21)3-1-11-32-26/h1,3,5-8,11,15,17,22-23,27,31H,2,4,9-10,12-14,16,18H2,(H,33,35)/t22-,27?/m1/s1. The molecule has 0 bridgehead atoms. The van der Waals surface area contributed by atoms with Gasteiger partial charge in [-0.2, -0.15) is 0 Å². The van der Waals surface area contributed by atoms with Gasteiger partial charge in [0.15, 0.2) is 0 Å². The van der Waals surface area contributed by atoms with Crippen LogP contribution in [-0.4, -0.2) is 54.1 Å². The van der Waals surface area contributed by atoms with Crippen LogP contribution >= 0.6 is 23.2 Å². The number of hydrogen-bond donors (Lipinski definition) is 2. The van der Waals surface area contributed by atoms with Crippen LogP contribution in [0.25, 0.3) is 10.9 Å². The SMILES string of the molecule is O=C(NC(Cc1ccc(Cl)c(Cl)c1)[C@@H]1CCCN(C2CCNCC2)C1)c1ccc2ncccc2c1. The first kappa shape index (κ1) is 24.5. The topological polar surface area (TPSA) is 57.3 Å². The minimum absolute atomic E-state index is 0.00820. The zero-order chi connectivity index (χ0) is 24.2. The Bertz CT molecular complexity index is 1180. The van der Waals surface area contributed by atoms with E-state index < -0.39 is 0 Å². The lowest BCUT2D eigenvalue weighted by Crippen LogP contribution is -2.52. The van der Waals surface area contributed by atoms with Gasteiger partial charge in [0.05, 0.1) is 15.6 Å². The van der Waals surface area contributed by atoms with Crippen LogP contribution in [0.15, 0.2) is 54.7 Å². The smallest absolute Gasteiger partial charge is 0.251 e. The van der Waals surface area contributed by atoms with Gasteiger partial charge in [-0.3, -0.25) is 14.7 Å². The predicted octanol–water partition coefficient (Wildman–Crippen LogP) is 5.35. The first-order valence-electron chi connectivity index (χ1n) is 12.6. The Morgan fingerprint density at radius 2 is 1.94 bits per heavy atom. The molecular weight excluding hydrogens is 479 g/mol. The Balaban J connectivity index is 1.37. The van der Waals surface area contributed by atoms with Crippen LogP contribution in [0.1, 0.15) is 41.6 Å². The molecule has 2 saturated heterocycles. The molecule has 0 radical (unpaired) electrons. The molecule has 184 valence electrons. The number of rotatable bonds is 6. The van der Waals surface area contributed by atoms with Crippen molar-refractivity contribution in [3.63, 3.8) is 0 Å². The Morgan fingerprint density at radius 3 is 2.77 bits per heavy atom. The van der Waals surface area contributed by atoms with Gasteiger partial charge < -0.3 is 10.6 Å². The maximum Gasteiger partial charge on any atom is 0.251 e. The molecule has 1 unspecified atom stereocenters. The molecule has 2 fully saturated rings. The van der Waals surface area contributed by atoms with E-state index in [2.05, 4.69) is 20.5 Å². The van der Waals surface area contributed by atoms with Gasteiger partial charge in [-0.1, -0.05) is 35.3 Å². The highest BCUT2D eigenvalue weighted by molar-refractivity contribution is 6.42. The summed E-state index contributed by atoms with van der Waals surface area (Å²) in [4.78, 5) is 20.5. The molecule has 2 aromatic carbocycles. The molecule has 1 aromatic heterocycles. The van der Waals surface area contributed by atoms with Gasteiger partial charge in [0.25, 0.3) is 5.91 Å². The molecule has 0 aliphatic carbocycles. The Labute approximate surface area is 217 Å². The van der Waals surface area contributed by atoms with Gasteiger partial charge in [-0.25, -0.2) is 0 Å². The Morgan fingerprint density at radius 1 is 1.09 bits per heavy atom. The van der Waals surface area contributed by atoms with Crippen LogP contribution in [-0.2, 0) is 6.42 Å². The van der Waals surface area contributed by atoms with E-state index in [4.69, 9.17) is 23.2 Å². The molecule has 5 nitrogen and oxygen atoms in total. The number of fused-ring (bicyclic) bond motifs is 1. The number of carbonyl (C=O) groups excluding carboxylic acids is 1. The number of aromatic nitrogens is 1. The predicted molar refractivity (Wildman–Crippen MR) is 143 cm³/mol. The number of pyridine rings is 1. The number of likely N-dealkylation sites (tertiary alicyclic amines) is 1. The number of carbonyl (C=O) groups is 1. The van der Waals surface area contributed by atoms with E-state index in [-0.39, 0.29) is 11.9 Å². The summed E-state index contributed by atoms with van der Waals surface area (Å²) in [6, 6.07) is 16.0. The van der Waals surface area contributed by atoms with Crippen LogP contribution in [0.2, 0.25) is 10.0 Å². The van der Waals surface area contributed by atoms with Gasteiger partial charge in [-0.05, 0) is 99.6 Å². The first-order valence-corrected chi connectivity index (χ1v) is 13.4. The molecular formula is C28H32Cl2N4O. The molecule has 3 aromatic rings. The number of piperidine rings is 2. The van der Waals surface area contributed by atoms with Gasteiger partial charge in [0, 0.05) is 35.8 Å². The van der Waals surface area contributed by atoms with E-state index in [1.165, 1.54) is 12.8 Å². The van der Waals surface area contributed by atoms with Crippen LogP contribution in [0.3, 0.4) is 0 Å². The van der Waals surface area contributed by atoms with E-state index in [0.717, 1.165) is 61.9 Å². The van der Waals surface area contributed by atoms with Gasteiger partial charge in [-0.15, -0.1) is 0 Å². The molecule has 7 heteroatoms. The van der Waals surface area contributed by atoms with E-state index >= 15 is 0 Å². The fourth-order valence-corrected chi connectivity index (χ4v) is 5.92. The van der Waals surface area contributed by atoms with Crippen LogP contribution in [0.4, 0.5) is 0 Å². The normalized spacial score (nSPS) is 20.6. The summed E-state index contributed by atoms with van der Waals surface area (Å²) in [5.74, 6) is 0.332. The average molecular weight is 511 g/mol. The molecule has 1 amide bonds. The second-order valence-electron chi connectivity index (χ2n) is 9.82. The quantitative estimate of drug-likeness (QED) is 0.469. The molecule has 2 atom stereocenters. The van der Waals surface area contributed by atoms with Crippen LogP contribution < -0.4 is 10.6 Å². The number of amides is 1. The fourth-order valence-electron chi connectivity index (χ4n) is 5.60. The summed E-state index contributed by atoms with van der Waals surface area (Å²) in [5, 5.41) is 8.95. The van der Waals surface area contributed by atoms with Crippen molar-refractivity contribution >= 4 is 40.0 Å². The van der Waals surface area contributed by atoms with E-state index in [1.807, 2.05) is 48.5 Å². The van der Waals surface area contributed by atoms with Crippen molar-refractivity contribution in [2.24, 2.45) is 5.92 Å². The highest BCUT2D eigenvalue weighted by Crippen LogP contribution is 2.28. The van der Waals surface area contributed by atoms with Crippen molar-refractivity contribution in [2.75, 3.05) is 26.2 Å². The highest BCUT2D eigenvalue weighted by Gasteiger charge is 2.32. The molecule has 2 N–H and O–H groups in total. The number of nitrogens with one attached hydrogen (secondary N) is 2. The first-order chi connectivity index (χ1) is 17.1. The Hall–Kier alpha value is -2.18. The minimum atomic E-state index is -0.0418. The second kappa shape index (κ2) is 11.3. The van der Waals surface area contributed by atoms with Crippen molar-refractivity contribution in [2.45, 2.75) is 44.2 Å². The second-order valence-corrected chi connectivity index (χ2v) is 10.6. The lowest BCUT2D eigenvalue weighted by molar-refractivity contribution is 0.0766. The molecule has 5 rings (SSSR count). The third-order valence-electron chi connectivity index (χ3n) is 7.50. The van der Waals surface area contributed by atoms with E-state index in [1.54, 1.807) is 6.20 Å². The summed E-state index contributed by atoms with van der Waals surface area (Å²) in [6.07, 6.45) is 7.15. The molecule has 2 aliphatic rings. The van der Waals surface area contributed by atoms with E-state index in [0.29, 0.717) is 27.6 Å². The zero-order valence-electron chi connectivity index (χ0n) is 19.9. The molecule has 2 aliphatic heterocycles. The summed E-state index contributed by atoms with van der Waals surface area (Å²) < 4.78 is 0. The zero-order valence-corrected chi connectivity index (χ0v) is 21.4. The fraction of sp³-hybridized carbons (Fsp3) is 0.429. The lowest BCUT2D eigenvalue weighted by Gasteiger charge is -2.42. The average Bonchev–Trinajstić information content (AvgIpc) is 2.90. The monoisotopic (exact) mass is 510 g/mol. The van der Waals surface area contributed by atoms with Crippen molar-refractivity contribution in [3.8, 4) is 0 Å². The molecule has 35 heavy (non-hydrogen) atoms. The summed E-state index contributed by atoms with van der Waals surface area (Å²) in [7, 11) is 0. The summed E-state index contributed by atoms with van der Waals surface area (Å²) >= 11 is 12.5. The van der Waals surface area contributed by atoms with Crippen molar-refractivity contribution < 1.29 is 4.79 Å². The van der Waals surface area contributed by atoms with Crippen molar-refractivity contribution in [1.82, 2.24) is 20.5 Å². The highest BCUT2D eigenvalue weighted by atomic mass is 35.5. The minimum Gasteiger partial charge on any atom is -0.349 e. The van der Waals surface area contributed by atoms with Gasteiger partial charge >= 0.3 is 0 Å². The largest absolute Gasteiger partial charge is 0.349 e. The van der Waals surface area contributed by atoms with Crippen molar-refractivity contribution in [3.05, 3.63) is 75.9 Å². The number of hydrogen-bond acceptors (Lipinski definition) is 4. The number of nitrogens with zero attached hydrogens (tertiary/aromatic N) is 2. The van der Waals surface area contributed by atoms with Crippen molar-refractivity contribution in [1.29, 1.82) is 0 Å². The third-order valence-corrected chi connectivity index (χ3v) is 8.24. The van der Waals surface area contributed by atoms with Crippen LogP contribution in [0, 0.1) is 5.92 Å².